The van der Waals surface area contributed by atoms with Gasteiger partial charge in [-0.25, -0.2) is 0 Å². The SMILES string of the molecule is CO[C@@H]1[C@H]([C@H](C)[C@H]2O[C@@]3(CC[C@@](C)([C@@H]4CC[C@](C)([C@@H]5O[C@@H]([C@H]6O[C@](C)(O)[C@H](C)C[C@@H]6C)C[C@H]5O[C@H]5CC[C@@H](OC)[C@@H](C)O5)O4)O3)C[C@H](O)[C@H]2C)O[C@@](O)(CC(=O)O)[C@@H](C)[C@H]1O[C@H]1CC[C@H](O)[C@@H](C)O1. The van der Waals surface area contributed by atoms with Gasteiger partial charge in [0.05, 0.1) is 90.9 Å². The summed E-state index contributed by atoms with van der Waals surface area (Å²) in [5.74, 6) is -7.61. The third-order valence-corrected chi connectivity index (χ3v) is 18.1. The number of methoxy groups -OCH3 is 2. The Morgan fingerprint density at radius 3 is 2.07 bits per heavy atom. The monoisotopic (exact) mass is 987 g/mol. The molecule has 8 aliphatic heterocycles. The summed E-state index contributed by atoms with van der Waals surface area (Å²) < 4.78 is 78.9. The van der Waals surface area contributed by atoms with Gasteiger partial charge in [0.2, 0.25) is 0 Å². The van der Waals surface area contributed by atoms with Crippen LogP contribution in [-0.4, -0.2) is 172 Å². The number of rotatable bonds is 13. The molecule has 26 atom stereocenters. The largest absolute Gasteiger partial charge is 0.481 e. The van der Waals surface area contributed by atoms with E-state index in [2.05, 4.69) is 20.8 Å². The predicted molar refractivity (Wildman–Crippen MR) is 245 cm³/mol. The summed E-state index contributed by atoms with van der Waals surface area (Å²) in [5.41, 5.74) is -1.60. The summed E-state index contributed by atoms with van der Waals surface area (Å²) in [5, 5.41) is 55.5. The molecular weight excluding hydrogens is 901 g/mol. The van der Waals surface area contributed by atoms with Gasteiger partial charge in [0.15, 0.2) is 29.9 Å². The zero-order valence-electron chi connectivity index (χ0n) is 43.2. The molecule has 0 bridgehead atoms. The lowest BCUT2D eigenvalue weighted by Crippen LogP contribution is -2.66. The molecule has 8 aliphatic rings. The van der Waals surface area contributed by atoms with E-state index >= 15 is 0 Å². The number of aliphatic hydroxyl groups excluding tert-OH is 2. The summed E-state index contributed by atoms with van der Waals surface area (Å²) in [6.07, 6.45) is -2.96. The van der Waals surface area contributed by atoms with Crippen LogP contribution >= 0.6 is 0 Å². The number of carbonyl (C=O) groups is 1. The Labute approximate surface area is 408 Å². The fourth-order valence-electron chi connectivity index (χ4n) is 13.4. The summed E-state index contributed by atoms with van der Waals surface area (Å²) in [6, 6.07) is 0. The number of carboxylic acids is 1. The molecule has 8 saturated heterocycles. The van der Waals surface area contributed by atoms with Crippen molar-refractivity contribution in [1.82, 2.24) is 0 Å². The van der Waals surface area contributed by atoms with E-state index in [9.17, 15) is 30.3 Å². The van der Waals surface area contributed by atoms with Crippen molar-refractivity contribution in [1.29, 1.82) is 0 Å². The van der Waals surface area contributed by atoms with Crippen molar-refractivity contribution in [3.05, 3.63) is 0 Å². The first-order valence-electron chi connectivity index (χ1n) is 26.1. The molecule has 8 fully saturated rings. The molecule has 69 heavy (non-hydrogen) atoms. The van der Waals surface area contributed by atoms with Crippen LogP contribution in [0.25, 0.3) is 0 Å². The highest BCUT2D eigenvalue weighted by Crippen LogP contribution is 2.55. The second-order valence-electron chi connectivity index (χ2n) is 23.2. The lowest BCUT2D eigenvalue weighted by atomic mass is 9.75. The maximum absolute atomic E-state index is 12.2. The van der Waals surface area contributed by atoms with Gasteiger partial charge in [-0.05, 0) is 79.1 Å². The van der Waals surface area contributed by atoms with Crippen LogP contribution in [-0.2, 0) is 61.6 Å². The Morgan fingerprint density at radius 1 is 0.710 bits per heavy atom. The number of hydrogen-bond acceptors (Lipinski definition) is 17. The molecule has 398 valence electrons. The van der Waals surface area contributed by atoms with Crippen LogP contribution in [0.15, 0.2) is 0 Å². The molecule has 18 nitrogen and oxygen atoms in total. The van der Waals surface area contributed by atoms with E-state index in [-0.39, 0.29) is 54.9 Å². The molecule has 5 N–H and O–H groups in total. The summed E-state index contributed by atoms with van der Waals surface area (Å²) >= 11 is 0. The van der Waals surface area contributed by atoms with E-state index < -0.39 is 120 Å². The van der Waals surface area contributed by atoms with Crippen LogP contribution in [0.4, 0.5) is 0 Å². The number of ether oxygens (including phenoxy) is 12. The summed E-state index contributed by atoms with van der Waals surface area (Å²) in [6.45, 7) is 19.3. The van der Waals surface area contributed by atoms with E-state index in [0.717, 1.165) is 12.8 Å². The first-order valence-corrected chi connectivity index (χ1v) is 26.1. The second-order valence-corrected chi connectivity index (χ2v) is 23.2. The molecule has 8 rings (SSSR count). The molecule has 0 aromatic heterocycles. The maximum Gasteiger partial charge on any atom is 0.308 e. The third kappa shape index (κ3) is 10.7. The molecule has 8 heterocycles. The van der Waals surface area contributed by atoms with E-state index in [1.807, 2.05) is 27.7 Å². The number of aliphatic hydroxyl groups is 4. The van der Waals surface area contributed by atoms with Crippen LogP contribution in [0.5, 0.6) is 0 Å². The molecule has 0 aromatic rings. The summed E-state index contributed by atoms with van der Waals surface area (Å²) in [4.78, 5) is 12.2. The van der Waals surface area contributed by atoms with Gasteiger partial charge < -0.3 is 82.4 Å². The highest BCUT2D eigenvalue weighted by Gasteiger charge is 2.64. The normalized spacial score (nSPS) is 54.5. The minimum atomic E-state index is -2.14. The molecule has 0 unspecified atom stereocenters. The molecule has 0 aliphatic carbocycles. The Kier molecular flexibility index (Phi) is 16.1. The zero-order chi connectivity index (χ0) is 50.2. The quantitative estimate of drug-likeness (QED) is 0.164. The Hall–Kier alpha value is -1.17. The van der Waals surface area contributed by atoms with Gasteiger partial charge in [-0.3, -0.25) is 4.79 Å². The lowest BCUT2D eigenvalue weighted by Gasteiger charge is -2.54. The van der Waals surface area contributed by atoms with Gasteiger partial charge in [-0.1, -0.05) is 34.6 Å². The van der Waals surface area contributed by atoms with Crippen LogP contribution in [0, 0.1) is 29.6 Å². The third-order valence-electron chi connectivity index (χ3n) is 18.1. The first-order chi connectivity index (χ1) is 32.3. The molecule has 18 heteroatoms. The minimum absolute atomic E-state index is 0.0120. The van der Waals surface area contributed by atoms with Crippen molar-refractivity contribution in [2.24, 2.45) is 29.6 Å². The molecule has 0 radical (unpaired) electrons. The molecule has 0 aromatic carbocycles. The van der Waals surface area contributed by atoms with Crippen molar-refractivity contribution in [3.8, 4) is 0 Å². The highest BCUT2D eigenvalue weighted by atomic mass is 16.7. The number of hydrogen-bond donors (Lipinski definition) is 5. The van der Waals surface area contributed by atoms with Crippen LogP contribution in [0.1, 0.15) is 146 Å². The average molecular weight is 987 g/mol. The molecule has 1 spiro atoms. The molecule has 0 amide bonds. The van der Waals surface area contributed by atoms with Crippen molar-refractivity contribution in [2.45, 2.75) is 273 Å². The highest BCUT2D eigenvalue weighted by molar-refractivity contribution is 5.68. The smallest absolute Gasteiger partial charge is 0.308 e. The van der Waals surface area contributed by atoms with Crippen LogP contribution in [0.3, 0.4) is 0 Å². The predicted octanol–water partition coefficient (Wildman–Crippen LogP) is 4.95. The van der Waals surface area contributed by atoms with Crippen LogP contribution < -0.4 is 0 Å². The first kappa shape index (κ1) is 54.1. The van der Waals surface area contributed by atoms with Crippen molar-refractivity contribution >= 4 is 5.97 Å². The standard InChI is InChI=1S/C51H86O18/c1-25-21-26(2)49(10,56)66-41(25)35-22-36(62-39-16-14-34(58-11)31(7)61-39)46(63-35)48(9)18-17-37(65-48)47(8)19-20-50(69-47)23-33(53)27(3)42(67-50)28(4)43-45(59-12)44(29(5)51(57,68-43)24-38(54)55)64-40-15-13-32(52)30(6)60-40/h25-37,39-46,52-53,56-57H,13-24H2,1-12H3,(H,54,55)/t25-,26+,27+,28+,29-,30+,31+,32-,33-,34+,35+,36+,37-,39-,40-,41-,42-,43-,44+,45+,46+,47-,48+,49-,50+,51-/m0/s1. The fourth-order valence-corrected chi connectivity index (χ4v) is 13.4. The van der Waals surface area contributed by atoms with E-state index in [1.165, 1.54) is 7.11 Å². The Bertz CT molecular complexity index is 1760. The number of aliphatic carboxylic acids is 1. The van der Waals surface area contributed by atoms with Gasteiger partial charge >= 0.3 is 5.97 Å². The topological polar surface area (TPSA) is 229 Å². The van der Waals surface area contributed by atoms with Gasteiger partial charge in [-0.15, -0.1) is 0 Å². The van der Waals surface area contributed by atoms with Crippen molar-refractivity contribution in [3.63, 3.8) is 0 Å². The molecule has 0 saturated carbocycles. The Morgan fingerprint density at radius 2 is 1.41 bits per heavy atom. The lowest BCUT2D eigenvalue weighted by molar-refractivity contribution is -0.377. The molecular formula is C51H86O18. The van der Waals surface area contributed by atoms with Crippen molar-refractivity contribution < 1.29 is 87.2 Å². The van der Waals surface area contributed by atoms with Gasteiger partial charge in [0, 0.05) is 70.0 Å². The summed E-state index contributed by atoms with van der Waals surface area (Å²) in [7, 11) is 3.23. The van der Waals surface area contributed by atoms with Gasteiger partial charge in [0.25, 0.3) is 0 Å². The Balaban J connectivity index is 0.992. The maximum atomic E-state index is 12.2. The van der Waals surface area contributed by atoms with E-state index in [4.69, 9.17) is 56.8 Å². The van der Waals surface area contributed by atoms with Crippen molar-refractivity contribution in [2.75, 3.05) is 14.2 Å². The van der Waals surface area contributed by atoms with E-state index in [0.29, 0.717) is 51.4 Å². The fraction of sp³-hybridized carbons (Fsp3) is 0.980. The van der Waals surface area contributed by atoms with Gasteiger partial charge in [-0.2, -0.15) is 0 Å². The second kappa shape index (κ2) is 20.5. The van der Waals surface area contributed by atoms with Gasteiger partial charge in [0.1, 0.15) is 12.2 Å². The van der Waals surface area contributed by atoms with Crippen LogP contribution in [0.2, 0.25) is 0 Å². The minimum Gasteiger partial charge on any atom is -0.481 e. The average Bonchev–Trinajstić information content (AvgIpc) is 3.99. The van der Waals surface area contributed by atoms with E-state index in [1.54, 1.807) is 27.9 Å². The zero-order valence-corrected chi connectivity index (χ0v) is 43.2. The number of carboxylic acid groups (broad SMARTS) is 1.